The molecule has 154 valence electrons. The Balaban J connectivity index is 1.58. The molecule has 29 heavy (non-hydrogen) atoms. The smallest absolute Gasteiger partial charge is 0.277 e. The number of nitrogens with zero attached hydrogens (tertiary/aromatic N) is 2. The van der Waals surface area contributed by atoms with Gasteiger partial charge >= 0.3 is 0 Å². The van der Waals surface area contributed by atoms with Crippen LogP contribution < -0.4 is 10.5 Å². The van der Waals surface area contributed by atoms with Crippen LogP contribution in [0.3, 0.4) is 0 Å². The first-order valence-electron chi connectivity index (χ1n) is 10.2. The van der Waals surface area contributed by atoms with Gasteiger partial charge in [-0.15, -0.1) is 0 Å². The molecule has 4 N–H and O–H groups in total. The summed E-state index contributed by atoms with van der Waals surface area (Å²) in [6.45, 7) is 1.33. The molecule has 2 aliphatic carbocycles. The fraction of sp³-hybridized carbons (Fsp3) is 0.500. The molecule has 2 heterocycles. The van der Waals surface area contributed by atoms with Crippen molar-refractivity contribution in [2.45, 2.75) is 56.4 Å². The van der Waals surface area contributed by atoms with E-state index in [0.717, 1.165) is 44.2 Å². The second kappa shape index (κ2) is 6.93. The summed E-state index contributed by atoms with van der Waals surface area (Å²) in [5.74, 6) is -0.429. The van der Waals surface area contributed by atoms with Crippen LogP contribution >= 0.6 is 0 Å². The monoisotopic (exact) mass is 415 g/mol. The highest BCUT2D eigenvalue weighted by Crippen LogP contribution is 2.39. The van der Waals surface area contributed by atoms with E-state index < -0.39 is 15.8 Å². The molecule has 1 atom stereocenters. The Hall–Kier alpha value is -2.23. The van der Waals surface area contributed by atoms with Crippen LogP contribution in [0.15, 0.2) is 11.0 Å². The first kappa shape index (κ1) is 18.8. The number of aromatic nitrogens is 2. The number of fused-ring (bicyclic) bond motifs is 3. The summed E-state index contributed by atoms with van der Waals surface area (Å²) in [4.78, 5) is 13.3. The molecule has 0 spiro atoms. The predicted octanol–water partition coefficient (Wildman–Crippen LogP) is 1.96. The molecule has 1 aliphatic heterocycles. The van der Waals surface area contributed by atoms with Gasteiger partial charge in [0, 0.05) is 12.1 Å². The molecule has 1 aromatic heterocycles. The van der Waals surface area contributed by atoms with Crippen molar-refractivity contribution in [3.05, 3.63) is 39.7 Å². The van der Waals surface area contributed by atoms with E-state index in [9.17, 15) is 9.00 Å². The highest BCUT2D eigenvalue weighted by Gasteiger charge is 2.31. The van der Waals surface area contributed by atoms with E-state index in [-0.39, 0.29) is 10.6 Å². The highest BCUT2D eigenvalue weighted by molar-refractivity contribution is 7.90. The van der Waals surface area contributed by atoms with Crippen LogP contribution in [0.1, 0.15) is 51.3 Å². The standard InChI is InChI=1S/C20H25N5O3S/c21-29(22,27)19-16-7-9-28-10-8-25(16)24-18(19)20(26)23-17-14-5-1-3-12(14)11-13-4-2-6-15(13)17/h11H,1-10H2,(H,23,26)(H3,21,22,27). The third-order valence-electron chi connectivity index (χ3n) is 6.17. The fourth-order valence-corrected chi connectivity index (χ4v) is 5.92. The summed E-state index contributed by atoms with van der Waals surface area (Å²) in [6.07, 6.45) is 6.60. The first-order chi connectivity index (χ1) is 13.9. The van der Waals surface area contributed by atoms with Crippen molar-refractivity contribution in [2.24, 2.45) is 5.14 Å². The second-order valence-electron chi connectivity index (χ2n) is 8.00. The molecular formula is C20H25N5O3S. The minimum absolute atomic E-state index is 0.00625. The Kier molecular flexibility index (Phi) is 4.49. The van der Waals surface area contributed by atoms with Crippen molar-refractivity contribution >= 4 is 21.5 Å². The number of hydrogen-bond acceptors (Lipinski definition) is 5. The maximum atomic E-state index is 13.3. The van der Waals surface area contributed by atoms with E-state index in [1.165, 1.54) is 22.3 Å². The van der Waals surface area contributed by atoms with Crippen LogP contribution in [0.2, 0.25) is 0 Å². The maximum Gasteiger partial charge on any atom is 0.277 e. The van der Waals surface area contributed by atoms with Gasteiger partial charge in [-0.3, -0.25) is 9.48 Å². The zero-order valence-corrected chi connectivity index (χ0v) is 17.1. The van der Waals surface area contributed by atoms with E-state index in [4.69, 9.17) is 14.7 Å². The zero-order valence-electron chi connectivity index (χ0n) is 16.3. The fourth-order valence-electron chi connectivity index (χ4n) is 4.94. The van der Waals surface area contributed by atoms with Crippen molar-refractivity contribution in [2.75, 3.05) is 18.5 Å². The van der Waals surface area contributed by atoms with Crippen LogP contribution in [0.5, 0.6) is 0 Å². The van der Waals surface area contributed by atoms with Crippen LogP contribution in [0.25, 0.3) is 0 Å². The van der Waals surface area contributed by atoms with Crippen LogP contribution in [0.4, 0.5) is 5.69 Å². The quantitative estimate of drug-likeness (QED) is 0.709. The highest BCUT2D eigenvalue weighted by atomic mass is 32.2. The van der Waals surface area contributed by atoms with Gasteiger partial charge in [0.05, 0.1) is 25.5 Å². The number of aryl methyl sites for hydroxylation is 2. The maximum absolute atomic E-state index is 13.3. The molecule has 1 amide bonds. The van der Waals surface area contributed by atoms with Gasteiger partial charge in [0.1, 0.15) is 14.8 Å². The number of carbonyl (C=O) groups is 1. The third-order valence-corrected chi connectivity index (χ3v) is 7.21. The van der Waals surface area contributed by atoms with Crippen molar-refractivity contribution < 1.29 is 13.7 Å². The number of amides is 1. The number of rotatable bonds is 3. The number of nitrogens with one attached hydrogen (secondary N) is 2. The lowest BCUT2D eigenvalue weighted by molar-refractivity contribution is 0.101. The number of hydrogen-bond donors (Lipinski definition) is 3. The lowest BCUT2D eigenvalue weighted by Crippen LogP contribution is -2.21. The summed E-state index contributed by atoms with van der Waals surface area (Å²) in [7, 11) is -3.61. The van der Waals surface area contributed by atoms with Crippen molar-refractivity contribution in [1.29, 1.82) is 4.78 Å². The Morgan fingerprint density at radius 3 is 2.48 bits per heavy atom. The number of ether oxygens (including phenoxy) is 1. The van der Waals surface area contributed by atoms with E-state index in [2.05, 4.69) is 16.5 Å². The molecule has 0 saturated heterocycles. The van der Waals surface area contributed by atoms with Gasteiger partial charge in [0.25, 0.3) is 5.91 Å². The molecule has 0 saturated carbocycles. The molecular weight excluding hydrogens is 390 g/mol. The molecule has 5 rings (SSSR count). The zero-order chi connectivity index (χ0) is 20.2. The summed E-state index contributed by atoms with van der Waals surface area (Å²) in [5.41, 5.74) is 6.56. The number of benzene rings is 1. The Morgan fingerprint density at radius 1 is 1.14 bits per heavy atom. The largest absolute Gasteiger partial charge is 0.379 e. The Morgan fingerprint density at radius 2 is 1.83 bits per heavy atom. The first-order valence-corrected chi connectivity index (χ1v) is 11.8. The lowest BCUT2D eigenvalue weighted by atomic mass is 9.98. The normalized spacial score (nSPS) is 19.8. The summed E-state index contributed by atoms with van der Waals surface area (Å²) in [6, 6.07) is 2.31. The molecule has 9 heteroatoms. The average Bonchev–Trinajstić information content (AvgIpc) is 3.36. The molecule has 1 aromatic carbocycles. The van der Waals surface area contributed by atoms with Gasteiger partial charge in [-0.1, -0.05) is 6.07 Å². The summed E-state index contributed by atoms with van der Waals surface area (Å²) >= 11 is 0. The van der Waals surface area contributed by atoms with E-state index >= 15 is 0 Å². The molecule has 0 bridgehead atoms. The summed E-state index contributed by atoms with van der Waals surface area (Å²) in [5, 5.41) is 13.2. The molecule has 1 unspecified atom stereocenters. The SMILES string of the molecule is N=S(N)(=O)c1c(C(=O)Nc2c3c(cc4c2CCC4)CCC3)nn2c1CCOCC2. The number of anilines is 1. The number of nitrogens with two attached hydrogens (primary N) is 1. The average molecular weight is 416 g/mol. The van der Waals surface area contributed by atoms with Gasteiger partial charge in [-0.2, -0.15) is 5.10 Å². The van der Waals surface area contributed by atoms with Crippen molar-refractivity contribution in [1.82, 2.24) is 9.78 Å². The van der Waals surface area contributed by atoms with Gasteiger partial charge in [-0.05, 0) is 60.8 Å². The minimum Gasteiger partial charge on any atom is -0.379 e. The molecule has 3 aliphatic rings. The summed E-state index contributed by atoms with van der Waals surface area (Å²) < 4.78 is 27.6. The third kappa shape index (κ3) is 3.17. The van der Waals surface area contributed by atoms with E-state index in [1.807, 2.05) is 0 Å². The van der Waals surface area contributed by atoms with Gasteiger partial charge < -0.3 is 10.1 Å². The minimum atomic E-state index is -3.61. The number of carbonyl (C=O) groups excluding carboxylic acids is 1. The van der Waals surface area contributed by atoms with Gasteiger partial charge in [0.2, 0.25) is 0 Å². The van der Waals surface area contributed by atoms with Crippen molar-refractivity contribution in [3.63, 3.8) is 0 Å². The van der Waals surface area contributed by atoms with Crippen LogP contribution in [-0.2, 0) is 53.3 Å². The van der Waals surface area contributed by atoms with E-state index in [0.29, 0.717) is 31.9 Å². The van der Waals surface area contributed by atoms with Crippen molar-refractivity contribution in [3.8, 4) is 0 Å². The second-order valence-corrected chi connectivity index (χ2v) is 9.61. The molecule has 2 aromatic rings. The molecule has 0 fully saturated rings. The van der Waals surface area contributed by atoms with Crippen LogP contribution in [-0.4, -0.2) is 33.1 Å². The molecule has 8 nitrogen and oxygen atoms in total. The Bertz CT molecular complexity index is 1090. The van der Waals surface area contributed by atoms with E-state index in [1.54, 1.807) is 4.68 Å². The van der Waals surface area contributed by atoms with Crippen LogP contribution in [0, 0.1) is 4.78 Å². The predicted molar refractivity (Wildman–Crippen MR) is 109 cm³/mol. The van der Waals surface area contributed by atoms with Gasteiger partial charge in [0.15, 0.2) is 5.69 Å². The topological polar surface area (TPSA) is 123 Å². The Labute approximate surface area is 169 Å². The molecule has 0 radical (unpaired) electrons. The lowest BCUT2D eigenvalue weighted by Gasteiger charge is -2.16. The van der Waals surface area contributed by atoms with Gasteiger partial charge in [-0.25, -0.2) is 14.1 Å².